The van der Waals surface area contributed by atoms with Crippen molar-refractivity contribution in [1.82, 2.24) is 4.98 Å². The molecule has 0 radical (unpaired) electrons. The minimum absolute atomic E-state index is 0.131. The molecule has 2 aromatic rings. The molecule has 0 fully saturated rings. The van der Waals surface area contributed by atoms with Crippen LogP contribution in [0.3, 0.4) is 0 Å². The summed E-state index contributed by atoms with van der Waals surface area (Å²) in [6.07, 6.45) is 0.438. The molecule has 2 rings (SSSR count). The third-order valence-electron chi connectivity index (χ3n) is 2.59. The molecule has 0 aliphatic carbocycles. The van der Waals surface area contributed by atoms with E-state index in [1.54, 1.807) is 11.8 Å². The van der Waals surface area contributed by atoms with E-state index < -0.39 is 0 Å². The first-order valence-electron chi connectivity index (χ1n) is 6.09. The Morgan fingerprint density at radius 1 is 1.44 bits per heavy atom. The zero-order valence-corrected chi connectivity index (χ0v) is 11.4. The lowest BCUT2D eigenvalue weighted by molar-refractivity contribution is -0.142. The van der Waals surface area contributed by atoms with Crippen LogP contribution in [0.1, 0.15) is 20.3 Å². The molecule has 0 spiro atoms. The Morgan fingerprint density at radius 3 is 2.94 bits per heavy atom. The first-order valence-corrected chi connectivity index (χ1v) is 6.97. The number of thioether (sulfide) groups is 1. The van der Waals surface area contributed by atoms with E-state index in [2.05, 4.69) is 23.2 Å². The molecule has 1 unspecified atom stereocenters. The second-order valence-corrected chi connectivity index (χ2v) is 5.64. The number of esters is 1. The maximum atomic E-state index is 11.4. The third-order valence-corrected chi connectivity index (χ3v) is 3.64. The fraction of sp³-hybridized carbons (Fsp3) is 0.357. The average molecular weight is 263 g/mol. The van der Waals surface area contributed by atoms with Gasteiger partial charge in [-0.2, -0.15) is 0 Å². The summed E-state index contributed by atoms with van der Waals surface area (Å²) >= 11 is 1.67. The molecule has 0 aliphatic heterocycles. The molecule has 1 heterocycles. The van der Waals surface area contributed by atoms with E-state index in [1.165, 1.54) is 5.39 Å². The summed E-state index contributed by atoms with van der Waals surface area (Å²) in [5.41, 5.74) is 1.13. The zero-order valence-electron chi connectivity index (χ0n) is 10.6. The quantitative estimate of drug-likeness (QED) is 0.662. The molecule has 18 heavy (non-hydrogen) atoms. The Balaban J connectivity index is 1.98. The van der Waals surface area contributed by atoms with Crippen LogP contribution in [0.25, 0.3) is 10.9 Å². The Bertz CT molecular complexity index is 502. The number of aromatic nitrogens is 1. The van der Waals surface area contributed by atoms with Gasteiger partial charge in [0.25, 0.3) is 0 Å². The topological polar surface area (TPSA) is 42.1 Å². The molecule has 0 bridgehead atoms. The summed E-state index contributed by atoms with van der Waals surface area (Å²) in [5, 5.41) is 2.49. The number of H-pyrrole nitrogens is 1. The molecule has 1 N–H and O–H groups in total. The Labute approximate surface area is 111 Å². The van der Waals surface area contributed by atoms with Gasteiger partial charge in [-0.1, -0.05) is 25.1 Å². The number of aromatic amines is 1. The second-order valence-electron chi connectivity index (χ2n) is 4.16. The van der Waals surface area contributed by atoms with E-state index in [4.69, 9.17) is 4.74 Å². The molecule has 0 saturated heterocycles. The number of benzene rings is 1. The fourth-order valence-corrected chi connectivity index (χ4v) is 2.84. The van der Waals surface area contributed by atoms with Crippen molar-refractivity contribution < 1.29 is 9.53 Å². The van der Waals surface area contributed by atoms with Gasteiger partial charge in [0.1, 0.15) is 0 Å². The zero-order chi connectivity index (χ0) is 13.0. The number of carbonyl (C=O) groups excluding carboxylic acids is 1. The van der Waals surface area contributed by atoms with Gasteiger partial charge in [-0.05, 0) is 19.1 Å². The van der Waals surface area contributed by atoms with E-state index in [9.17, 15) is 4.79 Å². The third kappa shape index (κ3) is 3.29. The van der Waals surface area contributed by atoms with Crippen LogP contribution in [0.2, 0.25) is 0 Å². The molecule has 0 aliphatic rings. The second kappa shape index (κ2) is 5.96. The SMILES string of the molecule is CCOC(=O)CC(C)Sc1cc2ccccc2[nH]1. The smallest absolute Gasteiger partial charge is 0.306 e. The van der Waals surface area contributed by atoms with Gasteiger partial charge in [0.2, 0.25) is 0 Å². The van der Waals surface area contributed by atoms with Crippen LogP contribution in [0.15, 0.2) is 35.4 Å². The van der Waals surface area contributed by atoms with E-state index >= 15 is 0 Å². The summed E-state index contributed by atoms with van der Waals surface area (Å²) in [5.74, 6) is -0.131. The van der Waals surface area contributed by atoms with Gasteiger partial charge in [0.15, 0.2) is 0 Å². The largest absolute Gasteiger partial charge is 0.466 e. The van der Waals surface area contributed by atoms with E-state index in [0.29, 0.717) is 13.0 Å². The summed E-state index contributed by atoms with van der Waals surface area (Å²) < 4.78 is 4.95. The predicted octanol–water partition coefficient (Wildman–Crippen LogP) is 3.60. The Kier molecular flexibility index (Phi) is 4.31. The van der Waals surface area contributed by atoms with Crippen LogP contribution >= 0.6 is 11.8 Å². The molecule has 3 nitrogen and oxygen atoms in total. The highest BCUT2D eigenvalue weighted by molar-refractivity contribution is 7.99. The van der Waals surface area contributed by atoms with Crippen LogP contribution in [0, 0.1) is 0 Å². The Morgan fingerprint density at radius 2 is 2.22 bits per heavy atom. The van der Waals surface area contributed by atoms with Crippen LogP contribution in [0.4, 0.5) is 0 Å². The average Bonchev–Trinajstić information content (AvgIpc) is 2.70. The summed E-state index contributed by atoms with van der Waals surface area (Å²) in [6, 6.07) is 10.3. The van der Waals surface area contributed by atoms with Crippen molar-refractivity contribution in [1.29, 1.82) is 0 Å². The number of fused-ring (bicyclic) bond motifs is 1. The van der Waals surface area contributed by atoms with Crippen molar-refractivity contribution in [3.05, 3.63) is 30.3 Å². The first-order chi connectivity index (χ1) is 8.69. The van der Waals surface area contributed by atoms with Gasteiger partial charge in [-0.25, -0.2) is 0 Å². The highest BCUT2D eigenvalue weighted by atomic mass is 32.2. The van der Waals surface area contributed by atoms with Crippen LogP contribution in [0.5, 0.6) is 0 Å². The van der Waals surface area contributed by atoms with E-state index in [1.807, 2.05) is 26.0 Å². The lowest BCUT2D eigenvalue weighted by Gasteiger charge is -2.08. The van der Waals surface area contributed by atoms with Crippen LogP contribution in [-0.4, -0.2) is 22.8 Å². The molecule has 1 aromatic heterocycles. The van der Waals surface area contributed by atoms with Crippen molar-refractivity contribution in [3.8, 4) is 0 Å². The number of ether oxygens (including phenoxy) is 1. The highest BCUT2D eigenvalue weighted by Crippen LogP contribution is 2.27. The van der Waals surface area contributed by atoms with Crippen LogP contribution < -0.4 is 0 Å². The van der Waals surface area contributed by atoms with Crippen LogP contribution in [-0.2, 0) is 9.53 Å². The Hall–Kier alpha value is -1.42. The molecular weight excluding hydrogens is 246 g/mol. The maximum absolute atomic E-state index is 11.4. The van der Waals surface area contributed by atoms with Crippen molar-refractivity contribution in [2.45, 2.75) is 30.5 Å². The number of hydrogen-bond acceptors (Lipinski definition) is 3. The monoisotopic (exact) mass is 263 g/mol. The van der Waals surface area contributed by atoms with E-state index in [0.717, 1.165) is 10.5 Å². The van der Waals surface area contributed by atoms with Gasteiger partial charge in [0, 0.05) is 16.2 Å². The van der Waals surface area contributed by atoms with Gasteiger partial charge < -0.3 is 9.72 Å². The number of rotatable bonds is 5. The maximum Gasteiger partial charge on any atom is 0.306 e. The molecule has 1 aromatic carbocycles. The number of carbonyl (C=O) groups is 1. The van der Waals surface area contributed by atoms with Gasteiger partial charge in [-0.15, -0.1) is 11.8 Å². The summed E-state index contributed by atoms with van der Waals surface area (Å²) in [6.45, 7) is 4.31. The van der Waals surface area contributed by atoms with Gasteiger partial charge in [-0.3, -0.25) is 4.79 Å². The first kappa shape index (κ1) is 13.0. The molecule has 0 saturated carbocycles. The van der Waals surface area contributed by atoms with Gasteiger partial charge >= 0.3 is 5.97 Å². The normalized spacial score (nSPS) is 12.6. The van der Waals surface area contributed by atoms with E-state index in [-0.39, 0.29) is 11.2 Å². The number of hydrogen-bond donors (Lipinski definition) is 1. The molecule has 0 amide bonds. The van der Waals surface area contributed by atoms with Crippen molar-refractivity contribution in [3.63, 3.8) is 0 Å². The minimum Gasteiger partial charge on any atom is -0.466 e. The standard InChI is InChI=1S/C14H17NO2S/c1-3-17-14(16)8-10(2)18-13-9-11-6-4-5-7-12(11)15-13/h4-7,9-10,15H,3,8H2,1-2H3. The van der Waals surface area contributed by atoms with Gasteiger partial charge in [0.05, 0.1) is 18.1 Å². The fourth-order valence-electron chi connectivity index (χ4n) is 1.82. The van der Waals surface area contributed by atoms with Crippen molar-refractivity contribution in [2.75, 3.05) is 6.61 Å². The predicted molar refractivity (Wildman–Crippen MR) is 74.9 cm³/mol. The number of para-hydroxylation sites is 1. The lowest BCUT2D eigenvalue weighted by atomic mass is 10.3. The summed E-state index contributed by atoms with van der Waals surface area (Å²) in [7, 11) is 0. The number of nitrogens with one attached hydrogen (secondary N) is 1. The molecule has 1 atom stereocenters. The summed E-state index contributed by atoms with van der Waals surface area (Å²) in [4.78, 5) is 14.7. The highest BCUT2D eigenvalue weighted by Gasteiger charge is 2.12. The lowest BCUT2D eigenvalue weighted by Crippen LogP contribution is -2.10. The van der Waals surface area contributed by atoms with Crippen molar-refractivity contribution >= 4 is 28.6 Å². The minimum atomic E-state index is -0.131. The van der Waals surface area contributed by atoms with Crippen molar-refractivity contribution in [2.24, 2.45) is 0 Å². The molecule has 96 valence electrons. The molecule has 4 heteroatoms. The molecular formula is C14H17NO2S.